The summed E-state index contributed by atoms with van der Waals surface area (Å²) in [5, 5.41) is 4.32. The number of benzene rings is 2. The summed E-state index contributed by atoms with van der Waals surface area (Å²) in [6, 6.07) is 16.8. The third-order valence-electron chi connectivity index (χ3n) is 4.26. The van der Waals surface area contributed by atoms with Gasteiger partial charge in [0.1, 0.15) is 0 Å². The zero-order valence-corrected chi connectivity index (χ0v) is 13.6. The molecule has 0 amide bonds. The van der Waals surface area contributed by atoms with Crippen LogP contribution in [-0.4, -0.2) is 31.1 Å². The van der Waals surface area contributed by atoms with Gasteiger partial charge in [-0.05, 0) is 54.8 Å². The number of nitrogens with one attached hydrogen (secondary N) is 1. The molecule has 2 nitrogen and oxygen atoms in total. The van der Waals surface area contributed by atoms with Crippen LogP contribution in [0, 0.1) is 0 Å². The van der Waals surface area contributed by atoms with Gasteiger partial charge >= 0.3 is 0 Å². The maximum atomic E-state index is 5.93. The van der Waals surface area contributed by atoms with Crippen LogP contribution in [0.15, 0.2) is 48.5 Å². The second kappa shape index (κ2) is 7.77. The van der Waals surface area contributed by atoms with Gasteiger partial charge in [0, 0.05) is 24.7 Å². The summed E-state index contributed by atoms with van der Waals surface area (Å²) >= 11 is 5.93. The third kappa shape index (κ3) is 4.33. The highest BCUT2D eigenvalue weighted by molar-refractivity contribution is 6.30. The Kier molecular flexibility index (Phi) is 5.49. The zero-order valence-electron chi connectivity index (χ0n) is 12.9. The number of rotatable bonds is 6. The molecule has 1 saturated heterocycles. The molecular weight excluding hydrogens is 292 g/mol. The molecule has 1 aliphatic rings. The van der Waals surface area contributed by atoms with Crippen molar-refractivity contribution in [2.24, 2.45) is 0 Å². The van der Waals surface area contributed by atoms with Crippen LogP contribution in [-0.2, 0) is 6.54 Å². The quantitative estimate of drug-likeness (QED) is 0.804. The average Bonchev–Trinajstić information content (AvgIpc) is 3.06. The second-order valence-electron chi connectivity index (χ2n) is 5.93. The normalized spacial score (nSPS) is 15.3. The van der Waals surface area contributed by atoms with E-state index in [1.165, 1.54) is 49.2 Å². The van der Waals surface area contributed by atoms with Crippen molar-refractivity contribution < 1.29 is 0 Å². The summed E-state index contributed by atoms with van der Waals surface area (Å²) in [6.45, 7) is 5.73. The number of hydrogen-bond acceptors (Lipinski definition) is 2. The molecule has 1 fully saturated rings. The first kappa shape index (κ1) is 15.5. The molecule has 2 aromatic rings. The predicted molar refractivity (Wildman–Crippen MR) is 94.3 cm³/mol. The molecule has 2 aromatic carbocycles. The highest BCUT2D eigenvalue weighted by Gasteiger charge is 2.09. The van der Waals surface area contributed by atoms with Crippen molar-refractivity contribution >= 4 is 11.6 Å². The Morgan fingerprint density at radius 2 is 1.45 bits per heavy atom. The summed E-state index contributed by atoms with van der Waals surface area (Å²) in [5.74, 6) is 0. The minimum Gasteiger partial charge on any atom is -0.311 e. The fourth-order valence-corrected chi connectivity index (χ4v) is 3.06. The van der Waals surface area contributed by atoms with Crippen LogP contribution in [0.1, 0.15) is 18.4 Å². The molecule has 0 radical (unpaired) electrons. The minimum absolute atomic E-state index is 0.780. The Morgan fingerprint density at radius 3 is 2.09 bits per heavy atom. The second-order valence-corrected chi connectivity index (χ2v) is 6.37. The Balaban J connectivity index is 1.47. The third-order valence-corrected chi connectivity index (χ3v) is 4.52. The van der Waals surface area contributed by atoms with E-state index in [1.807, 2.05) is 12.1 Å². The lowest BCUT2D eigenvalue weighted by atomic mass is 10.0. The molecule has 22 heavy (non-hydrogen) atoms. The Bertz CT molecular complexity index is 571. The van der Waals surface area contributed by atoms with E-state index in [2.05, 4.69) is 46.6 Å². The van der Waals surface area contributed by atoms with E-state index in [-0.39, 0.29) is 0 Å². The van der Waals surface area contributed by atoms with Crippen LogP contribution in [0.5, 0.6) is 0 Å². The van der Waals surface area contributed by atoms with Crippen molar-refractivity contribution in [2.75, 3.05) is 26.2 Å². The molecule has 0 bridgehead atoms. The van der Waals surface area contributed by atoms with Gasteiger partial charge < -0.3 is 10.2 Å². The lowest BCUT2D eigenvalue weighted by Gasteiger charge is -2.14. The van der Waals surface area contributed by atoms with E-state index in [0.717, 1.165) is 18.1 Å². The smallest absolute Gasteiger partial charge is 0.0406 e. The van der Waals surface area contributed by atoms with E-state index in [4.69, 9.17) is 11.6 Å². The van der Waals surface area contributed by atoms with E-state index >= 15 is 0 Å². The van der Waals surface area contributed by atoms with Gasteiger partial charge in [0.15, 0.2) is 0 Å². The summed E-state index contributed by atoms with van der Waals surface area (Å²) in [4.78, 5) is 2.54. The fraction of sp³-hybridized carbons (Fsp3) is 0.368. The lowest BCUT2D eigenvalue weighted by Crippen LogP contribution is -2.29. The van der Waals surface area contributed by atoms with Gasteiger partial charge in [-0.3, -0.25) is 0 Å². The summed E-state index contributed by atoms with van der Waals surface area (Å²) in [6.07, 6.45) is 2.73. The molecule has 0 aliphatic carbocycles. The molecule has 1 aliphatic heterocycles. The maximum absolute atomic E-state index is 5.93. The molecular formula is C19H23ClN2. The summed E-state index contributed by atoms with van der Waals surface area (Å²) in [5.41, 5.74) is 3.77. The molecule has 0 unspecified atom stereocenters. The van der Waals surface area contributed by atoms with Crippen LogP contribution < -0.4 is 5.32 Å². The molecule has 116 valence electrons. The zero-order chi connectivity index (χ0) is 15.2. The van der Waals surface area contributed by atoms with Gasteiger partial charge in [0.05, 0.1) is 0 Å². The van der Waals surface area contributed by atoms with Crippen LogP contribution in [0.25, 0.3) is 11.1 Å². The van der Waals surface area contributed by atoms with Gasteiger partial charge in [0.25, 0.3) is 0 Å². The standard InChI is InChI=1S/C19H23ClN2/c20-19-9-7-18(8-10-19)17-5-3-16(4-6-17)15-21-11-14-22-12-1-2-13-22/h3-10,21H,1-2,11-15H2. The first-order valence-corrected chi connectivity index (χ1v) is 8.47. The highest BCUT2D eigenvalue weighted by atomic mass is 35.5. The molecule has 1 heterocycles. The van der Waals surface area contributed by atoms with Crippen molar-refractivity contribution in [2.45, 2.75) is 19.4 Å². The first-order chi connectivity index (χ1) is 10.8. The van der Waals surface area contributed by atoms with Gasteiger partial charge in [-0.2, -0.15) is 0 Å². The van der Waals surface area contributed by atoms with Crippen molar-refractivity contribution in [3.8, 4) is 11.1 Å². The van der Waals surface area contributed by atoms with Crippen LogP contribution in [0.3, 0.4) is 0 Å². The molecule has 0 saturated carbocycles. The largest absolute Gasteiger partial charge is 0.311 e. The van der Waals surface area contributed by atoms with Gasteiger partial charge in [0.2, 0.25) is 0 Å². The van der Waals surface area contributed by atoms with Crippen molar-refractivity contribution in [1.29, 1.82) is 0 Å². The van der Waals surface area contributed by atoms with E-state index in [1.54, 1.807) is 0 Å². The Hall–Kier alpha value is -1.35. The number of likely N-dealkylation sites (tertiary alicyclic amines) is 1. The molecule has 1 N–H and O–H groups in total. The Morgan fingerprint density at radius 1 is 0.864 bits per heavy atom. The predicted octanol–water partition coefficient (Wildman–Crippen LogP) is 4.19. The highest BCUT2D eigenvalue weighted by Crippen LogP contribution is 2.21. The van der Waals surface area contributed by atoms with Crippen molar-refractivity contribution in [3.63, 3.8) is 0 Å². The number of hydrogen-bond donors (Lipinski definition) is 1. The minimum atomic E-state index is 0.780. The average molecular weight is 315 g/mol. The molecule has 0 aromatic heterocycles. The monoisotopic (exact) mass is 314 g/mol. The number of nitrogens with zero attached hydrogens (tertiary/aromatic N) is 1. The van der Waals surface area contributed by atoms with Crippen molar-refractivity contribution in [1.82, 2.24) is 10.2 Å². The van der Waals surface area contributed by atoms with Gasteiger partial charge in [-0.25, -0.2) is 0 Å². The summed E-state index contributed by atoms with van der Waals surface area (Å²) < 4.78 is 0. The topological polar surface area (TPSA) is 15.3 Å². The van der Waals surface area contributed by atoms with Crippen LogP contribution in [0.4, 0.5) is 0 Å². The first-order valence-electron chi connectivity index (χ1n) is 8.09. The van der Waals surface area contributed by atoms with Gasteiger partial charge in [-0.15, -0.1) is 0 Å². The van der Waals surface area contributed by atoms with E-state index < -0.39 is 0 Å². The molecule has 0 atom stereocenters. The number of halogens is 1. The Labute approximate surface area is 138 Å². The summed E-state index contributed by atoms with van der Waals surface area (Å²) in [7, 11) is 0. The van der Waals surface area contributed by atoms with Crippen molar-refractivity contribution in [3.05, 3.63) is 59.1 Å². The van der Waals surface area contributed by atoms with E-state index in [9.17, 15) is 0 Å². The molecule has 3 rings (SSSR count). The van der Waals surface area contributed by atoms with Crippen LogP contribution >= 0.6 is 11.6 Å². The molecule has 3 heteroatoms. The van der Waals surface area contributed by atoms with Crippen LogP contribution in [0.2, 0.25) is 5.02 Å². The molecule has 0 spiro atoms. The van der Waals surface area contributed by atoms with Gasteiger partial charge in [-0.1, -0.05) is 48.0 Å². The SMILES string of the molecule is Clc1ccc(-c2ccc(CNCCN3CCCC3)cc2)cc1. The maximum Gasteiger partial charge on any atom is 0.0406 e. The van der Waals surface area contributed by atoms with E-state index in [0.29, 0.717) is 0 Å². The fourth-order valence-electron chi connectivity index (χ4n) is 2.93. The lowest BCUT2D eigenvalue weighted by molar-refractivity contribution is 0.335.